The van der Waals surface area contributed by atoms with Crippen LogP contribution in [0.15, 0.2) is 0 Å². The lowest BCUT2D eigenvalue weighted by molar-refractivity contribution is -0.0573. The first kappa shape index (κ1) is 15.8. The molecule has 0 aliphatic rings. The molecule has 4 heteroatoms. The molecule has 0 radical (unpaired) electrons. The van der Waals surface area contributed by atoms with Crippen LogP contribution in [0.25, 0.3) is 0 Å². The second-order valence-corrected chi connectivity index (χ2v) is 3.70. The van der Waals surface area contributed by atoms with Gasteiger partial charge in [0.25, 0.3) is 0 Å². The number of rotatable bonds is 11. The molecule has 98 valence electrons. The molecular weight excluding hydrogens is 208 g/mol. The Morgan fingerprint density at radius 2 is 1.62 bits per heavy atom. The van der Waals surface area contributed by atoms with Crippen LogP contribution in [-0.4, -0.2) is 50.3 Å². The standard InChI is InChI=1S/C12H26O4/c1-4-11(13)9-16-12(5-2)10-15-8-7-14-6-3/h11-13H,4-10H2,1-3H3. The molecule has 16 heavy (non-hydrogen) atoms. The molecule has 0 aliphatic heterocycles. The van der Waals surface area contributed by atoms with Gasteiger partial charge >= 0.3 is 0 Å². The highest BCUT2D eigenvalue weighted by Gasteiger charge is 2.09. The van der Waals surface area contributed by atoms with E-state index in [2.05, 4.69) is 6.92 Å². The molecule has 0 saturated heterocycles. The first-order valence-corrected chi connectivity index (χ1v) is 6.19. The summed E-state index contributed by atoms with van der Waals surface area (Å²) in [5, 5.41) is 9.36. The molecule has 4 nitrogen and oxygen atoms in total. The second-order valence-electron chi connectivity index (χ2n) is 3.70. The van der Waals surface area contributed by atoms with Crippen molar-refractivity contribution < 1.29 is 19.3 Å². The summed E-state index contributed by atoms with van der Waals surface area (Å²) in [4.78, 5) is 0. The summed E-state index contributed by atoms with van der Waals surface area (Å²) in [6.45, 7) is 8.87. The molecule has 0 amide bonds. The summed E-state index contributed by atoms with van der Waals surface area (Å²) in [6.07, 6.45) is 1.33. The monoisotopic (exact) mass is 234 g/mol. The van der Waals surface area contributed by atoms with Gasteiger partial charge in [-0.3, -0.25) is 0 Å². The van der Waals surface area contributed by atoms with Gasteiger partial charge in [0.1, 0.15) is 0 Å². The van der Waals surface area contributed by atoms with E-state index in [9.17, 15) is 5.11 Å². The van der Waals surface area contributed by atoms with Crippen molar-refractivity contribution in [1.82, 2.24) is 0 Å². The van der Waals surface area contributed by atoms with Gasteiger partial charge in [0.15, 0.2) is 0 Å². The predicted octanol–water partition coefficient (Wildman–Crippen LogP) is 1.61. The average molecular weight is 234 g/mol. The fourth-order valence-corrected chi connectivity index (χ4v) is 1.13. The Hall–Kier alpha value is -0.160. The van der Waals surface area contributed by atoms with Gasteiger partial charge in [-0.15, -0.1) is 0 Å². The van der Waals surface area contributed by atoms with Crippen molar-refractivity contribution in [2.75, 3.05) is 33.0 Å². The van der Waals surface area contributed by atoms with E-state index in [4.69, 9.17) is 14.2 Å². The Kier molecular flexibility index (Phi) is 11.2. The molecule has 0 aromatic heterocycles. The third-order valence-corrected chi connectivity index (χ3v) is 2.33. The summed E-state index contributed by atoms with van der Waals surface area (Å²) in [7, 11) is 0. The minimum absolute atomic E-state index is 0.0721. The molecule has 1 N–H and O–H groups in total. The van der Waals surface area contributed by atoms with Crippen LogP contribution in [0.2, 0.25) is 0 Å². The molecule has 2 atom stereocenters. The fraction of sp³-hybridized carbons (Fsp3) is 1.00. The first-order chi connectivity index (χ1) is 7.74. The SMILES string of the molecule is CCOCCOCC(CC)OCC(O)CC. The molecule has 0 bridgehead atoms. The van der Waals surface area contributed by atoms with Crippen molar-refractivity contribution >= 4 is 0 Å². The highest BCUT2D eigenvalue weighted by atomic mass is 16.6. The Bertz CT molecular complexity index is 141. The largest absolute Gasteiger partial charge is 0.391 e. The van der Waals surface area contributed by atoms with Crippen LogP contribution in [0.1, 0.15) is 33.6 Å². The third-order valence-electron chi connectivity index (χ3n) is 2.33. The fourth-order valence-electron chi connectivity index (χ4n) is 1.13. The van der Waals surface area contributed by atoms with Crippen LogP contribution in [0, 0.1) is 0 Å². The van der Waals surface area contributed by atoms with Gasteiger partial charge in [-0.2, -0.15) is 0 Å². The first-order valence-electron chi connectivity index (χ1n) is 6.19. The van der Waals surface area contributed by atoms with E-state index in [1.807, 2.05) is 13.8 Å². The quantitative estimate of drug-likeness (QED) is 0.552. The van der Waals surface area contributed by atoms with Crippen molar-refractivity contribution in [1.29, 1.82) is 0 Å². The molecule has 0 saturated carbocycles. The van der Waals surface area contributed by atoms with Gasteiger partial charge in [-0.1, -0.05) is 13.8 Å². The van der Waals surface area contributed by atoms with Crippen LogP contribution in [0.4, 0.5) is 0 Å². The van der Waals surface area contributed by atoms with Crippen molar-refractivity contribution in [3.8, 4) is 0 Å². The molecule has 0 rings (SSSR count). The molecule has 0 heterocycles. The summed E-state index contributed by atoms with van der Waals surface area (Å²) in [6, 6.07) is 0. The van der Waals surface area contributed by atoms with Crippen molar-refractivity contribution in [2.45, 2.75) is 45.8 Å². The summed E-state index contributed by atoms with van der Waals surface area (Å²) >= 11 is 0. The van der Waals surface area contributed by atoms with E-state index in [0.717, 1.165) is 19.4 Å². The zero-order chi connectivity index (χ0) is 12.2. The van der Waals surface area contributed by atoms with E-state index in [0.29, 0.717) is 26.4 Å². The minimum atomic E-state index is -0.363. The normalized spacial score (nSPS) is 15.0. The van der Waals surface area contributed by atoms with E-state index in [-0.39, 0.29) is 12.2 Å². The van der Waals surface area contributed by atoms with E-state index < -0.39 is 0 Å². The lowest BCUT2D eigenvalue weighted by atomic mass is 10.2. The van der Waals surface area contributed by atoms with Crippen molar-refractivity contribution in [3.63, 3.8) is 0 Å². The van der Waals surface area contributed by atoms with Gasteiger partial charge in [0.05, 0.1) is 38.6 Å². The van der Waals surface area contributed by atoms with E-state index in [1.165, 1.54) is 0 Å². The Labute approximate surface area is 98.9 Å². The average Bonchev–Trinajstić information content (AvgIpc) is 2.32. The molecule has 0 aromatic carbocycles. The Balaban J connectivity index is 3.43. The minimum Gasteiger partial charge on any atom is -0.391 e. The van der Waals surface area contributed by atoms with Crippen molar-refractivity contribution in [3.05, 3.63) is 0 Å². The number of hydrogen-bond donors (Lipinski definition) is 1. The number of hydrogen-bond acceptors (Lipinski definition) is 4. The van der Waals surface area contributed by atoms with Crippen molar-refractivity contribution in [2.24, 2.45) is 0 Å². The maximum absolute atomic E-state index is 9.36. The van der Waals surface area contributed by atoms with Gasteiger partial charge in [0, 0.05) is 6.61 Å². The number of aliphatic hydroxyl groups excluding tert-OH is 1. The van der Waals surface area contributed by atoms with E-state index >= 15 is 0 Å². The molecule has 0 fully saturated rings. The molecule has 2 unspecified atom stereocenters. The summed E-state index contributed by atoms with van der Waals surface area (Å²) < 4.78 is 16.1. The van der Waals surface area contributed by atoms with Gasteiger partial charge in [0.2, 0.25) is 0 Å². The van der Waals surface area contributed by atoms with Crippen LogP contribution < -0.4 is 0 Å². The van der Waals surface area contributed by atoms with Crippen LogP contribution >= 0.6 is 0 Å². The Morgan fingerprint density at radius 3 is 2.19 bits per heavy atom. The number of aliphatic hydroxyl groups is 1. The molecular formula is C12H26O4. The van der Waals surface area contributed by atoms with Crippen LogP contribution in [-0.2, 0) is 14.2 Å². The zero-order valence-electron chi connectivity index (χ0n) is 10.8. The molecule has 0 spiro atoms. The predicted molar refractivity (Wildman–Crippen MR) is 63.6 cm³/mol. The summed E-state index contributed by atoms with van der Waals surface area (Å²) in [5.41, 5.74) is 0. The van der Waals surface area contributed by atoms with Gasteiger partial charge in [-0.25, -0.2) is 0 Å². The lowest BCUT2D eigenvalue weighted by Gasteiger charge is -2.18. The molecule has 0 aliphatic carbocycles. The highest BCUT2D eigenvalue weighted by molar-refractivity contribution is 4.56. The van der Waals surface area contributed by atoms with Crippen LogP contribution in [0.5, 0.6) is 0 Å². The zero-order valence-corrected chi connectivity index (χ0v) is 10.8. The lowest BCUT2D eigenvalue weighted by Crippen LogP contribution is -2.25. The topological polar surface area (TPSA) is 47.9 Å². The van der Waals surface area contributed by atoms with E-state index in [1.54, 1.807) is 0 Å². The van der Waals surface area contributed by atoms with Gasteiger partial charge in [-0.05, 0) is 19.8 Å². The maximum Gasteiger partial charge on any atom is 0.0807 e. The smallest absolute Gasteiger partial charge is 0.0807 e. The second kappa shape index (κ2) is 11.3. The van der Waals surface area contributed by atoms with Gasteiger partial charge < -0.3 is 19.3 Å². The van der Waals surface area contributed by atoms with Crippen LogP contribution in [0.3, 0.4) is 0 Å². The Morgan fingerprint density at radius 1 is 0.938 bits per heavy atom. The number of ether oxygens (including phenoxy) is 3. The molecule has 0 aromatic rings. The third kappa shape index (κ3) is 9.09. The highest BCUT2D eigenvalue weighted by Crippen LogP contribution is 2.01. The summed E-state index contributed by atoms with van der Waals surface area (Å²) in [5.74, 6) is 0. The maximum atomic E-state index is 9.36.